The first-order chi connectivity index (χ1) is 3.30. The first kappa shape index (κ1) is 6.01. The first-order valence-corrected chi connectivity index (χ1v) is 6.81. The Bertz CT molecular complexity index is 145. The smallest absolute Gasteiger partial charge is 0.0271 e. The maximum Gasteiger partial charge on any atom is 0.0271 e. The van der Waals surface area contributed by atoms with E-state index in [4.69, 9.17) is 22.4 Å². The van der Waals surface area contributed by atoms with Gasteiger partial charge in [-0.15, -0.1) is 0 Å². The molecular weight excluding hydrogens is 164 g/mol. The van der Waals surface area contributed by atoms with Crippen LogP contribution in [0.3, 0.4) is 0 Å². The molecule has 0 spiro atoms. The standard InChI is InChI=1S/C3H4S4/c4-6-2-1-3-7(6)5/h1-2H,3H2. The van der Waals surface area contributed by atoms with Crippen molar-refractivity contribution in [3.05, 3.63) is 11.5 Å². The van der Waals surface area contributed by atoms with Crippen LogP contribution in [0.4, 0.5) is 0 Å². The van der Waals surface area contributed by atoms with Gasteiger partial charge in [-0.3, -0.25) is 0 Å². The maximum absolute atomic E-state index is 5.00. The molecule has 0 saturated carbocycles. The van der Waals surface area contributed by atoms with Gasteiger partial charge in [-0.05, 0) is 36.3 Å². The third-order valence-electron chi connectivity index (χ3n) is 0.623. The zero-order chi connectivity index (χ0) is 5.28. The molecule has 2 unspecified atom stereocenters. The van der Waals surface area contributed by atoms with Crippen LogP contribution in [0.5, 0.6) is 0 Å². The van der Waals surface area contributed by atoms with Crippen LogP contribution in [0.2, 0.25) is 0 Å². The average Bonchev–Trinajstić information content (AvgIpc) is 1.91. The van der Waals surface area contributed by atoms with E-state index in [1.807, 2.05) is 5.41 Å². The summed E-state index contributed by atoms with van der Waals surface area (Å²) in [5.41, 5.74) is 0. The van der Waals surface area contributed by atoms with E-state index in [0.717, 1.165) is 5.75 Å². The Morgan fingerprint density at radius 3 is 2.29 bits per heavy atom. The molecule has 4 heteroatoms. The Morgan fingerprint density at radius 1 is 1.43 bits per heavy atom. The van der Waals surface area contributed by atoms with Crippen molar-refractivity contribution in [2.75, 3.05) is 5.75 Å². The lowest BCUT2D eigenvalue weighted by molar-refractivity contribution is 1.84. The third-order valence-corrected chi connectivity index (χ3v) is 8.02. The Kier molecular flexibility index (Phi) is 2.09. The summed E-state index contributed by atoms with van der Waals surface area (Å²) in [6, 6.07) is 0. The fourth-order valence-electron chi connectivity index (χ4n) is 0.325. The molecule has 0 aromatic rings. The van der Waals surface area contributed by atoms with Gasteiger partial charge in [0.1, 0.15) is 0 Å². The van der Waals surface area contributed by atoms with Crippen LogP contribution in [0, 0.1) is 0 Å². The second kappa shape index (κ2) is 2.44. The van der Waals surface area contributed by atoms with Gasteiger partial charge < -0.3 is 0 Å². The van der Waals surface area contributed by atoms with Gasteiger partial charge in [0.15, 0.2) is 0 Å². The van der Waals surface area contributed by atoms with Crippen LogP contribution < -0.4 is 0 Å². The van der Waals surface area contributed by atoms with Gasteiger partial charge in [-0.25, -0.2) is 0 Å². The zero-order valence-corrected chi connectivity index (χ0v) is 6.76. The molecule has 1 heterocycles. The van der Waals surface area contributed by atoms with Crippen LogP contribution in [-0.4, -0.2) is 5.75 Å². The summed E-state index contributed by atoms with van der Waals surface area (Å²) in [5.74, 6) is 1.04. The molecule has 1 rings (SSSR count). The van der Waals surface area contributed by atoms with Crippen molar-refractivity contribution in [1.29, 1.82) is 0 Å². The molecule has 40 valence electrons. The van der Waals surface area contributed by atoms with E-state index in [9.17, 15) is 0 Å². The van der Waals surface area contributed by atoms with E-state index in [-0.39, 0.29) is 17.0 Å². The molecule has 7 heavy (non-hydrogen) atoms. The Hall–Kier alpha value is 0.880. The molecule has 0 bridgehead atoms. The molecule has 0 amide bonds. The second-order valence-corrected chi connectivity index (χ2v) is 8.67. The topological polar surface area (TPSA) is 0 Å². The molecule has 1 aliphatic heterocycles. The lowest BCUT2D eigenvalue weighted by Gasteiger charge is -1.86. The van der Waals surface area contributed by atoms with Gasteiger partial charge in [-0.1, -0.05) is 14.6 Å². The van der Waals surface area contributed by atoms with Crippen molar-refractivity contribution in [1.82, 2.24) is 0 Å². The summed E-state index contributed by atoms with van der Waals surface area (Å²) < 4.78 is 0. The fourth-order valence-corrected chi connectivity index (χ4v) is 3.84. The summed E-state index contributed by atoms with van der Waals surface area (Å²) in [7, 11) is 0.125. The zero-order valence-electron chi connectivity index (χ0n) is 3.49. The van der Waals surface area contributed by atoms with Gasteiger partial charge >= 0.3 is 0 Å². The number of hydrogen-bond donors (Lipinski definition) is 0. The van der Waals surface area contributed by atoms with Gasteiger partial charge in [0, 0.05) is 5.75 Å². The normalized spacial score (nSPS) is 39.4. The maximum atomic E-state index is 5.00. The van der Waals surface area contributed by atoms with Crippen molar-refractivity contribution < 1.29 is 0 Å². The predicted octanol–water partition coefficient (Wildman–Crippen LogP) is 0.589. The minimum atomic E-state index is 0.0278. The van der Waals surface area contributed by atoms with Crippen LogP contribution in [-0.2, 0) is 39.3 Å². The van der Waals surface area contributed by atoms with Crippen molar-refractivity contribution >= 4 is 39.3 Å². The van der Waals surface area contributed by atoms with Gasteiger partial charge in [-0.2, -0.15) is 0 Å². The van der Waals surface area contributed by atoms with Crippen LogP contribution in [0.25, 0.3) is 0 Å². The van der Waals surface area contributed by atoms with Crippen molar-refractivity contribution in [2.24, 2.45) is 0 Å². The van der Waals surface area contributed by atoms with E-state index in [2.05, 4.69) is 6.08 Å². The van der Waals surface area contributed by atoms with E-state index < -0.39 is 0 Å². The highest BCUT2D eigenvalue weighted by Gasteiger charge is 2.00. The minimum absolute atomic E-state index is 0.0278. The molecule has 0 fully saturated rings. The summed E-state index contributed by atoms with van der Waals surface area (Å²) in [6.45, 7) is 0. The van der Waals surface area contributed by atoms with Crippen molar-refractivity contribution in [3.8, 4) is 0 Å². The van der Waals surface area contributed by atoms with Crippen molar-refractivity contribution in [3.63, 3.8) is 0 Å². The predicted molar refractivity (Wildman–Crippen MR) is 43.5 cm³/mol. The van der Waals surface area contributed by atoms with Gasteiger partial charge in [0.2, 0.25) is 0 Å². The summed E-state index contributed by atoms with van der Waals surface area (Å²) in [5, 5.41) is 2.05. The van der Waals surface area contributed by atoms with Gasteiger partial charge in [0.25, 0.3) is 0 Å². The average molecular weight is 168 g/mol. The highest BCUT2D eigenvalue weighted by molar-refractivity contribution is 8.88. The number of rotatable bonds is 0. The Morgan fingerprint density at radius 2 is 2.14 bits per heavy atom. The molecule has 0 aliphatic carbocycles. The quantitative estimate of drug-likeness (QED) is 0.486. The molecule has 0 N–H and O–H groups in total. The largest absolute Gasteiger partial charge is 0.0659 e. The highest BCUT2D eigenvalue weighted by atomic mass is 33.5. The lowest BCUT2D eigenvalue weighted by atomic mass is 10.8. The Balaban J connectivity index is 2.81. The van der Waals surface area contributed by atoms with Crippen molar-refractivity contribution in [2.45, 2.75) is 0 Å². The summed E-state index contributed by atoms with van der Waals surface area (Å²) >= 11 is 9.97. The van der Waals surface area contributed by atoms with Crippen LogP contribution in [0.1, 0.15) is 0 Å². The van der Waals surface area contributed by atoms with Gasteiger partial charge in [0.05, 0.1) is 0 Å². The van der Waals surface area contributed by atoms with E-state index >= 15 is 0 Å². The monoisotopic (exact) mass is 168 g/mol. The van der Waals surface area contributed by atoms with Crippen LogP contribution in [0.15, 0.2) is 11.5 Å². The third kappa shape index (κ3) is 1.38. The SMILES string of the molecule is S=S1C=CCS1=S. The summed E-state index contributed by atoms with van der Waals surface area (Å²) in [6.07, 6.45) is 2.09. The van der Waals surface area contributed by atoms with E-state index in [1.54, 1.807) is 0 Å². The Labute approximate surface area is 56.6 Å². The summed E-state index contributed by atoms with van der Waals surface area (Å²) in [4.78, 5) is 0. The molecule has 0 nitrogen and oxygen atoms in total. The molecule has 2 atom stereocenters. The van der Waals surface area contributed by atoms with E-state index in [0.29, 0.717) is 0 Å². The fraction of sp³-hybridized carbons (Fsp3) is 0.333. The molecule has 0 aromatic carbocycles. The molecular formula is C3H4S4. The molecule has 0 aromatic heterocycles. The molecule has 1 aliphatic rings. The molecule has 0 radical (unpaired) electrons. The van der Waals surface area contributed by atoms with E-state index in [1.165, 1.54) is 0 Å². The minimum Gasteiger partial charge on any atom is -0.0659 e. The highest BCUT2D eigenvalue weighted by Crippen LogP contribution is 2.03. The van der Waals surface area contributed by atoms with Crippen LogP contribution >= 0.6 is 0 Å². The number of hydrogen-bond acceptors (Lipinski definition) is 2. The first-order valence-electron chi connectivity index (χ1n) is 1.77. The lowest BCUT2D eigenvalue weighted by Crippen LogP contribution is -1.86. The second-order valence-electron chi connectivity index (χ2n) is 1.10. The molecule has 0 saturated heterocycles.